The van der Waals surface area contributed by atoms with Gasteiger partial charge in [-0.1, -0.05) is 6.07 Å². The first-order valence-corrected chi connectivity index (χ1v) is 10.8. The molecule has 1 amide bonds. The zero-order valence-electron chi connectivity index (χ0n) is 17.1. The third-order valence-corrected chi connectivity index (χ3v) is 6.19. The molecule has 28 heavy (non-hydrogen) atoms. The number of thiophene rings is 1. The molecule has 1 aromatic carbocycles. The van der Waals surface area contributed by atoms with Crippen LogP contribution in [0.1, 0.15) is 40.1 Å². The van der Waals surface area contributed by atoms with Crippen LogP contribution in [0.3, 0.4) is 0 Å². The number of carbonyl (C=O) groups is 1. The number of methoxy groups -OCH3 is 2. The Balaban J connectivity index is 1.39. The van der Waals surface area contributed by atoms with Gasteiger partial charge < -0.3 is 19.3 Å². The fraction of sp³-hybridized carbons (Fsp3) is 0.500. The molecule has 0 unspecified atom stereocenters. The summed E-state index contributed by atoms with van der Waals surface area (Å²) in [5, 5.41) is 2.14. The Morgan fingerprint density at radius 2 is 1.86 bits per heavy atom. The van der Waals surface area contributed by atoms with Crippen LogP contribution < -0.4 is 9.47 Å². The van der Waals surface area contributed by atoms with Crippen molar-refractivity contribution in [3.8, 4) is 11.5 Å². The molecular formula is C22H30N2O3S. The maximum atomic E-state index is 12.7. The monoisotopic (exact) mass is 402 g/mol. The molecule has 2 aromatic rings. The number of benzene rings is 1. The predicted octanol–water partition coefficient (Wildman–Crippen LogP) is 4.07. The maximum Gasteiger partial charge on any atom is 0.254 e. The third kappa shape index (κ3) is 5.06. The lowest BCUT2D eigenvalue weighted by Gasteiger charge is -2.20. The molecule has 1 aliphatic rings. The molecule has 0 bridgehead atoms. The van der Waals surface area contributed by atoms with Crippen LogP contribution in [0.5, 0.6) is 11.5 Å². The molecule has 2 heterocycles. The van der Waals surface area contributed by atoms with Crippen molar-refractivity contribution >= 4 is 17.2 Å². The maximum absolute atomic E-state index is 12.7. The molecule has 3 rings (SSSR count). The van der Waals surface area contributed by atoms with Crippen molar-refractivity contribution in [3.05, 3.63) is 45.6 Å². The summed E-state index contributed by atoms with van der Waals surface area (Å²) in [6.45, 7) is 3.54. The van der Waals surface area contributed by atoms with E-state index in [1.807, 2.05) is 22.3 Å². The number of amides is 1. The van der Waals surface area contributed by atoms with Crippen molar-refractivity contribution in [2.24, 2.45) is 0 Å². The molecule has 0 radical (unpaired) electrons. The molecule has 1 aromatic heterocycles. The van der Waals surface area contributed by atoms with Crippen LogP contribution in [0.2, 0.25) is 0 Å². The number of unbranched alkanes of at least 4 members (excludes halogenated alkanes) is 1. The highest BCUT2D eigenvalue weighted by Gasteiger charge is 2.29. The first-order chi connectivity index (χ1) is 13.6. The van der Waals surface area contributed by atoms with Crippen molar-refractivity contribution in [2.75, 3.05) is 40.9 Å². The molecule has 6 heteroatoms. The van der Waals surface area contributed by atoms with Gasteiger partial charge >= 0.3 is 0 Å². The molecule has 0 aliphatic carbocycles. The summed E-state index contributed by atoms with van der Waals surface area (Å²) in [5.41, 5.74) is 1.75. The molecule has 152 valence electrons. The van der Waals surface area contributed by atoms with Crippen molar-refractivity contribution in [2.45, 2.75) is 32.2 Å². The van der Waals surface area contributed by atoms with E-state index in [0.717, 1.165) is 37.2 Å². The van der Waals surface area contributed by atoms with Crippen molar-refractivity contribution in [1.82, 2.24) is 9.80 Å². The lowest BCUT2D eigenvalue weighted by atomic mass is 10.1. The summed E-state index contributed by atoms with van der Waals surface area (Å²) < 4.78 is 10.7. The van der Waals surface area contributed by atoms with E-state index in [0.29, 0.717) is 18.0 Å². The van der Waals surface area contributed by atoms with Gasteiger partial charge in [-0.3, -0.25) is 4.79 Å². The highest BCUT2D eigenvalue weighted by Crippen LogP contribution is 2.34. The minimum absolute atomic E-state index is 0.0922. The minimum atomic E-state index is 0.0922. The van der Waals surface area contributed by atoms with E-state index >= 15 is 0 Å². The Morgan fingerprint density at radius 1 is 1.11 bits per heavy atom. The molecule has 0 saturated heterocycles. The number of hydrogen-bond acceptors (Lipinski definition) is 5. The van der Waals surface area contributed by atoms with Gasteiger partial charge in [-0.05, 0) is 75.0 Å². The van der Waals surface area contributed by atoms with E-state index in [1.165, 1.54) is 24.1 Å². The molecule has 5 nitrogen and oxygen atoms in total. The normalized spacial score (nSPS) is 13.3. The molecule has 1 aliphatic heterocycles. The summed E-state index contributed by atoms with van der Waals surface area (Å²) in [7, 11) is 5.38. The first-order valence-electron chi connectivity index (χ1n) is 9.87. The highest BCUT2D eigenvalue weighted by atomic mass is 32.1. The molecule has 0 spiro atoms. The Kier molecular flexibility index (Phi) is 7.34. The fourth-order valence-corrected chi connectivity index (χ4v) is 4.41. The quantitative estimate of drug-likeness (QED) is 0.532. The van der Waals surface area contributed by atoms with Gasteiger partial charge in [0, 0.05) is 23.5 Å². The lowest BCUT2D eigenvalue weighted by Crippen LogP contribution is -2.29. The van der Waals surface area contributed by atoms with Crippen molar-refractivity contribution < 1.29 is 14.3 Å². The smallest absolute Gasteiger partial charge is 0.254 e. The average Bonchev–Trinajstić information content (AvgIpc) is 3.32. The summed E-state index contributed by atoms with van der Waals surface area (Å²) in [6, 6.07) is 8.06. The Hall–Kier alpha value is -2.05. The van der Waals surface area contributed by atoms with E-state index in [9.17, 15) is 4.79 Å². The zero-order valence-corrected chi connectivity index (χ0v) is 17.9. The number of aryl methyl sites for hydroxylation is 1. The zero-order chi connectivity index (χ0) is 19.9. The number of hydrogen-bond donors (Lipinski definition) is 0. The van der Waals surface area contributed by atoms with Gasteiger partial charge in [-0.2, -0.15) is 0 Å². The standard InChI is InChI=1S/C22H30N2O3S/c1-23(10-5-4-8-18-9-6-13-28-18)11-7-12-24-16-17-14-20(26-2)21(27-3)15-19(17)22(24)25/h6,9,13-15H,4-5,7-8,10-12,16H2,1-3H3. The number of fused-ring (bicyclic) bond motifs is 1. The summed E-state index contributed by atoms with van der Waals surface area (Å²) >= 11 is 1.84. The molecule has 0 saturated carbocycles. The highest BCUT2D eigenvalue weighted by molar-refractivity contribution is 7.09. The Bertz CT molecular complexity index is 776. The van der Waals surface area contributed by atoms with Crippen molar-refractivity contribution in [3.63, 3.8) is 0 Å². The second kappa shape index (κ2) is 9.94. The van der Waals surface area contributed by atoms with E-state index in [2.05, 4.69) is 29.5 Å². The predicted molar refractivity (Wildman–Crippen MR) is 114 cm³/mol. The number of ether oxygens (including phenoxy) is 2. The van der Waals surface area contributed by atoms with Crippen LogP contribution in [0.15, 0.2) is 29.6 Å². The second-order valence-electron chi connectivity index (χ2n) is 7.28. The van der Waals surface area contributed by atoms with Gasteiger partial charge in [0.25, 0.3) is 5.91 Å². The van der Waals surface area contributed by atoms with Gasteiger partial charge in [0.05, 0.1) is 14.2 Å². The average molecular weight is 403 g/mol. The molecule has 0 atom stereocenters. The Labute approximate surface area is 171 Å². The SMILES string of the molecule is COc1cc2c(cc1OC)C(=O)N(CCCN(C)CCCCc1cccs1)C2. The largest absolute Gasteiger partial charge is 0.493 e. The number of nitrogens with zero attached hydrogens (tertiary/aromatic N) is 2. The van der Waals surface area contributed by atoms with Gasteiger partial charge in [0.2, 0.25) is 0 Å². The summed E-state index contributed by atoms with van der Waals surface area (Å²) in [6.07, 6.45) is 4.60. The van der Waals surface area contributed by atoms with E-state index in [4.69, 9.17) is 9.47 Å². The summed E-state index contributed by atoms with van der Waals surface area (Å²) in [5.74, 6) is 1.38. The second-order valence-corrected chi connectivity index (χ2v) is 8.32. The topological polar surface area (TPSA) is 42.0 Å². The lowest BCUT2D eigenvalue weighted by molar-refractivity contribution is 0.0772. The first kappa shape index (κ1) is 20.7. The summed E-state index contributed by atoms with van der Waals surface area (Å²) in [4.78, 5) is 18.4. The van der Waals surface area contributed by atoms with Crippen LogP contribution in [0, 0.1) is 0 Å². The van der Waals surface area contributed by atoms with E-state index < -0.39 is 0 Å². The molecule has 0 N–H and O–H groups in total. The van der Waals surface area contributed by atoms with Crippen LogP contribution in [-0.4, -0.2) is 56.6 Å². The Morgan fingerprint density at radius 3 is 2.57 bits per heavy atom. The van der Waals surface area contributed by atoms with Crippen LogP contribution in [-0.2, 0) is 13.0 Å². The molecule has 0 fully saturated rings. The van der Waals surface area contributed by atoms with Crippen LogP contribution in [0.4, 0.5) is 0 Å². The van der Waals surface area contributed by atoms with Gasteiger partial charge in [0.15, 0.2) is 11.5 Å². The van der Waals surface area contributed by atoms with Crippen LogP contribution in [0.25, 0.3) is 0 Å². The minimum Gasteiger partial charge on any atom is -0.493 e. The number of carbonyl (C=O) groups excluding carboxylic acids is 1. The number of rotatable bonds is 11. The fourth-order valence-electron chi connectivity index (χ4n) is 3.66. The van der Waals surface area contributed by atoms with Crippen molar-refractivity contribution in [1.29, 1.82) is 0 Å². The van der Waals surface area contributed by atoms with E-state index in [1.54, 1.807) is 20.3 Å². The molecular weight excluding hydrogens is 372 g/mol. The third-order valence-electron chi connectivity index (χ3n) is 5.25. The van der Waals surface area contributed by atoms with Crippen LogP contribution >= 0.6 is 11.3 Å². The van der Waals surface area contributed by atoms with Gasteiger partial charge in [0.1, 0.15) is 0 Å². The van der Waals surface area contributed by atoms with Gasteiger partial charge in [-0.25, -0.2) is 0 Å². The van der Waals surface area contributed by atoms with E-state index in [-0.39, 0.29) is 5.91 Å². The van der Waals surface area contributed by atoms with Gasteiger partial charge in [-0.15, -0.1) is 11.3 Å².